The molecule has 0 saturated heterocycles. The molecule has 0 bridgehead atoms. The van der Waals surface area contributed by atoms with E-state index in [2.05, 4.69) is 16.4 Å². The molecule has 39 heavy (non-hydrogen) atoms. The number of amides is 1. The standard InChI is InChI=1S/C31H30Cl2N4O2/c1-31(2,27-10-6-7-17-34-27)35-30(38)28-24-9-5-4-8-21(18-20-11-14-23(39-3)15-12-20)29(24)37(36-28)26-16-13-22(32)19-25(26)33/h6-7,10-19H,4-5,8-9H2,1-3H3,(H,35,38). The first-order valence-corrected chi connectivity index (χ1v) is 13.7. The molecule has 0 atom stereocenters. The largest absolute Gasteiger partial charge is 0.497 e. The second-order valence-corrected chi connectivity index (χ2v) is 11.0. The summed E-state index contributed by atoms with van der Waals surface area (Å²) in [4.78, 5) is 18.3. The van der Waals surface area contributed by atoms with E-state index < -0.39 is 5.54 Å². The fourth-order valence-electron chi connectivity index (χ4n) is 4.94. The van der Waals surface area contributed by atoms with Gasteiger partial charge in [-0.3, -0.25) is 9.78 Å². The van der Waals surface area contributed by atoms with E-state index in [0.717, 1.165) is 59.5 Å². The molecule has 1 amide bonds. The number of ether oxygens (including phenoxy) is 1. The van der Waals surface area contributed by atoms with Gasteiger partial charge in [-0.05, 0) is 99.2 Å². The zero-order chi connectivity index (χ0) is 27.6. The van der Waals surface area contributed by atoms with Crippen LogP contribution < -0.4 is 10.1 Å². The number of carbonyl (C=O) groups excluding carboxylic acids is 1. The first-order valence-electron chi connectivity index (χ1n) is 12.9. The van der Waals surface area contributed by atoms with Gasteiger partial charge in [-0.2, -0.15) is 5.10 Å². The molecule has 0 fully saturated rings. The molecule has 6 nitrogen and oxygen atoms in total. The summed E-state index contributed by atoms with van der Waals surface area (Å²) in [5, 5.41) is 9.04. The predicted molar refractivity (Wildman–Crippen MR) is 157 cm³/mol. The van der Waals surface area contributed by atoms with E-state index in [9.17, 15) is 4.79 Å². The van der Waals surface area contributed by atoms with Gasteiger partial charge in [0.15, 0.2) is 5.69 Å². The highest BCUT2D eigenvalue weighted by molar-refractivity contribution is 6.35. The molecule has 1 aliphatic rings. The molecule has 0 aliphatic heterocycles. The zero-order valence-corrected chi connectivity index (χ0v) is 23.7. The van der Waals surface area contributed by atoms with Crippen molar-refractivity contribution in [3.63, 3.8) is 0 Å². The van der Waals surface area contributed by atoms with Crippen LogP contribution in [0.25, 0.3) is 17.3 Å². The number of hydrogen-bond donors (Lipinski definition) is 1. The van der Waals surface area contributed by atoms with Gasteiger partial charge in [-0.1, -0.05) is 41.4 Å². The van der Waals surface area contributed by atoms with Crippen molar-refractivity contribution in [3.8, 4) is 11.4 Å². The van der Waals surface area contributed by atoms with Crippen molar-refractivity contribution in [1.82, 2.24) is 20.1 Å². The highest BCUT2D eigenvalue weighted by Gasteiger charge is 2.31. The number of pyridine rings is 1. The lowest BCUT2D eigenvalue weighted by atomic mass is 9.98. The zero-order valence-electron chi connectivity index (χ0n) is 22.2. The summed E-state index contributed by atoms with van der Waals surface area (Å²) < 4.78 is 7.13. The Labute approximate surface area is 238 Å². The molecular formula is C31H30Cl2N4O2. The molecule has 200 valence electrons. The van der Waals surface area contributed by atoms with Crippen LogP contribution in [-0.2, 0) is 12.0 Å². The molecule has 2 heterocycles. The van der Waals surface area contributed by atoms with Crippen molar-refractivity contribution in [2.45, 2.75) is 45.1 Å². The number of nitrogens with one attached hydrogen (secondary N) is 1. The number of methoxy groups -OCH3 is 1. The van der Waals surface area contributed by atoms with Gasteiger partial charge in [-0.25, -0.2) is 4.68 Å². The SMILES string of the molecule is COc1ccc(C=C2CCCCc3c(C(=O)NC(C)(C)c4ccccn4)nn(-c4ccc(Cl)cc4Cl)c32)cc1. The monoisotopic (exact) mass is 560 g/mol. The van der Waals surface area contributed by atoms with Crippen molar-refractivity contribution < 1.29 is 9.53 Å². The quantitative estimate of drug-likeness (QED) is 0.247. The number of allylic oxidation sites excluding steroid dienone is 1. The summed E-state index contributed by atoms with van der Waals surface area (Å²) >= 11 is 12.9. The van der Waals surface area contributed by atoms with E-state index in [1.807, 2.05) is 62.4 Å². The van der Waals surface area contributed by atoms with Gasteiger partial charge in [0.2, 0.25) is 0 Å². The van der Waals surface area contributed by atoms with Crippen molar-refractivity contribution in [1.29, 1.82) is 0 Å². The lowest BCUT2D eigenvalue weighted by Gasteiger charge is -2.25. The molecule has 0 unspecified atom stereocenters. The fraction of sp³-hybridized carbons (Fsp3) is 0.258. The molecule has 2 aromatic carbocycles. The first-order chi connectivity index (χ1) is 18.8. The van der Waals surface area contributed by atoms with Crippen LogP contribution in [-0.4, -0.2) is 27.8 Å². The van der Waals surface area contributed by atoms with Crippen LogP contribution in [0, 0.1) is 0 Å². The Balaban J connectivity index is 1.65. The highest BCUT2D eigenvalue weighted by atomic mass is 35.5. The molecule has 0 spiro atoms. The Morgan fingerprint density at radius 2 is 1.82 bits per heavy atom. The molecule has 0 radical (unpaired) electrons. The van der Waals surface area contributed by atoms with Crippen molar-refractivity contribution in [2.24, 2.45) is 0 Å². The molecule has 5 rings (SSSR count). The van der Waals surface area contributed by atoms with E-state index in [0.29, 0.717) is 21.4 Å². The molecule has 2 aromatic heterocycles. The Kier molecular flexibility index (Phi) is 7.78. The van der Waals surface area contributed by atoms with Gasteiger partial charge >= 0.3 is 0 Å². The minimum Gasteiger partial charge on any atom is -0.497 e. The molecule has 1 aliphatic carbocycles. The Morgan fingerprint density at radius 1 is 1.05 bits per heavy atom. The first kappa shape index (κ1) is 27.0. The smallest absolute Gasteiger partial charge is 0.272 e. The fourth-order valence-corrected chi connectivity index (χ4v) is 5.43. The van der Waals surface area contributed by atoms with E-state index >= 15 is 0 Å². The number of aromatic nitrogens is 3. The second kappa shape index (κ2) is 11.2. The van der Waals surface area contributed by atoms with Crippen LogP contribution in [0.3, 0.4) is 0 Å². The topological polar surface area (TPSA) is 69.0 Å². The average Bonchev–Trinajstić information content (AvgIpc) is 3.18. The third-order valence-corrected chi connectivity index (χ3v) is 7.49. The van der Waals surface area contributed by atoms with Crippen LogP contribution in [0.2, 0.25) is 10.0 Å². The van der Waals surface area contributed by atoms with Gasteiger partial charge in [0.05, 0.1) is 34.7 Å². The maximum atomic E-state index is 13.8. The second-order valence-electron chi connectivity index (χ2n) is 10.1. The van der Waals surface area contributed by atoms with Gasteiger partial charge in [0.1, 0.15) is 5.75 Å². The van der Waals surface area contributed by atoms with Crippen LogP contribution in [0.15, 0.2) is 66.9 Å². The van der Waals surface area contributed by atoms with Crippen molar-refractivity contribution in [2.75, 3.05) is 7.11 Å². The molecule has 1 N–H and O–H groups in total. The van der Waals surface area contributed by atoms with Gasteiger partial charge in [0, 0.05) is 16.8 Å². The third kappa shape index (κ3) is 5.72. The maximum absolute atomic E-state index is 13.8. The van der Waals surface area contributed by atoms with Gasteiger partial charge in [-0.15, -0.1) is 0 Å². The number of nitrogens with zero attached hydrogens (tertiary/aromatic N) is 3. The molecule has 8 heteroatoms. The van der Waals surface area contributed by atoms with Gasteiger partial charge < -0.3 is 10.1 Å². The Hall–Kier alpha value is -3.61. The number of rotatable bonds is 6. The number of hydrogen-bond acceptors (Lipinski definition) is 4. The predicted octanol–water partition coefficient (Wildman–Crippen LogP) is 7.51. The number of fused-ring (bicyclic) bond motifs is 1. The minimum atomic E-state index is -0.695. The lowest BCUT2D eigenvalue weighted by molar-refractivity contribution is 0.0903. The third-order valence-electron chi connectivity index (χ3n) is 6.95. The van der Waals surface area contributed by atoms with E-state index in [1.54, 1.807) is 30.1 Å². The summed E-state index contributed by atoms with van der Waals surface area (Å²) in [5.74, 6) is 0.544. The number of carbonyl (C=O) groups is 1. The van der Waals surface area contributed by atoms with Crippen molar-refractivity contribution in [3.05, 3.63) is 105 Å². The van der Waals surface area contributed by atoms with Gasteiger partial charge in [0.25, 0.3) is 5.91 Å². The van der Waals surface area contributed by atoms with Crippen LogP contribution >= 0.6 is 23.2 Å². The van der Waals surface area contributed by atoms with E-state index in [1.165, 1.54) is 0 Å². The summed E-state index contributed by atoms with van der Waals surface area (Å²) in [6, 6.07) is 18.9. The lowest BCUT2D eigenvalue weighted by Crippen LogP contribution is -2.42. The highest BCUT2D eigenvalue weighted by Crippen LogP contribution is 2.37. The van der Waals surface area contributed by atoms with E-state index in [4.69, 9.17) is 33.0 Å². The summed E-state index contributed by atoms with van der Waals surface area (Å²) in [7, 11) is 1.65. The Bertz CT molecular complexity index is 1530. The summed E-state index contributed by atoms with van der Waals surface area (Å²) in [5.41, 5.74) is 5.07. The van der Waals surface area contributed by atoms with Crippen molar-refractivity contribution >= 4 is 40.8 Å². The molecule has 0 saturated carbocycles. The summed E-state index contributed by atoms with van der Waals surface area (Å²) in [6.45, 7) is 3.88. The maximum Gasteiger partial charge on any atom is 0.272 e. The number of halogens is 2. The average molecular weight is 562 g/mol. The molecule has 4 aromatic rings. The summed E-state index contributed by atoms with van der Waals surface area (Å²) in [6.07, 6.45) is 7.39. The molecular weight excluding hydrogens is 531 g/mol. The number of benzene rings is 2. The van der Waals surface area contributed by atoms with Crippen LogP contribution in [0.5, 0.6) is 5.75 Å². The Morgan fingerprint density at radius 3 is 2.51 bits per heavy atom. The van der Waals surface area contributed by atoms with Crippen LogP contribution in [0.1, 0.15) is 66.1 Å². The minimum absolute atomic E-state index is 0.253. The van der Waals surface area contributed by atoms with Crippen LogP contribution in [0.4, 0.5) is 0 Å². The van der Waals surface area contributed by atoms with E-state index in [-0.39, 0.29) is 5.91 Å². The normalized spacial score (nSPS) is 14.5.